The highest BCUT2D eigenvalue weighted by molar-refractivity contribution is 5.83. The number of aliphatic hydroxyl groups is 1. The van der Waals surface area contributed by atoms with Gasteiger partial charge in [0.05, 0.1) is 19.3 Å². The molecule has 0 fully saturated rings. The van der Waals surface area contributed by atoms with Crippen molar-refractivity contribution in [3.05, 3.63) is 0 Å². The first-order valence-electron chi connectivity index (χ1n) is 5.12. The molecule has 0 bridgehead atoms. The molecule has 0 saturated carbocycles. The Hall–Kier alpha value is -1.14. The van der Waals surface area contributed by atoms with Crippen molar-refractivity contribution in [3.8, 4) is 0 Å². The Labute approximate surface area is 95.6 Å². The lowest BCUT2D eigenvalue weighted by molar-refractivity contribution is -0.133. The number of methoxy groups -OCH3 is 1. The molecule has 2 N–H and O–H groups in total. The maximum absolute atomic E-state index is 11.3. The Morgan fingerprint density at radius 1 is 1.50 bits per heavy atom. The largest absolute Gasteiger partial charge is 0.391 e. The molecule has 16 heavy (non-hydrogen) atoms. The van der Waals surface area contributed by atoms with Crippen molar-refractivity contribution in [3.63, 3.8) is 0 Å². The molecule has 0 aliphatic carbocycles. The standard InChI is InChI=1S/C10H20N2O4/c1-8(13)12(2)6-10(15)11-5-4-9(14)7-16-3/h9,14H,4-7H2,1-3H3,(H,11,15). The maximum Gasteiger partial charge on any atom is 0.239 e. The number of ether oxygens (including phenoxy) is 1. The predicted octanol–water partition coefficient (Wildman–Crippen LogP) is -1.02. The number of amides is 2. The Morgan fingerprint density at radius 2 is 2.12 bits per heavy atom. The first kappa shape index (κ1) is 14.9. The number of hydrogen-bond donors (Lipinski definition) is 2. The van der Waals surface area contributed by atoms with E-state index in [0.717, 1.165) is 0 Å². The number of likely N-dealkylation sites (N-methyl/N-ethyl adjacent to an activating group) is 1. The number of carbonyl (C=O) groups excluding carboxylic acids is 2. The summed E-state index contributed by atoms with van der Waals surface area (Å²) in [6.45, 7) is 2.06. The van der Waals surface area contributed by atoms with Crippen LogP contribution in [0.1, 0.15) is 13.3 Å². The van der Waals surface area contributed by atoms with E-state index >= 15 is 0 Å². The number of carbonyl (C=O) groups is 2. The van der Waals surface area contributed by atoms with Crippen LogP contribution in [0.15, 0.2) is 0 Å². The van der Waals surface area contributed by atoms with Crippen LogP contribution < -0.4 is 5.32 Å². The van der Waals surface area contributed by atoms with Crippen LogP contribution in [-0.4, -0.2) is 61.8 Å². The molecule has 0 aromatic carbocycles. The van der Waals surface area contributed by atoms with E-state index in [0.29, 0.717) is 13.0 Å². The normalized spacial score (nSPS) is 12.0. The molecule has 1 atom stereocenters. The van der Waals surface area contributed by atoms with Gasteiger partial charge in [0.25, 0.3) is 0 Å². The van der Waals surface area contributed by atoms with E-state index in [1.165, 1.54) is 18.9 Å². The molecule has 1 unspecified atom stereocenters. The van der Waals surface area contributed by atoms with E-state index in [4.69, 9.17) is 4.74 Å². The van der Waals surface area contributed by atoms with Crippen molar-refractivity contribution in [1.29, 1.82) is 0 Å². The quantitative estimate of drug-likeness (QED) is 0.589. The summed E-state index contributed by atoms with van der Waals surface area (Å²) in [6.07, 6.45) is -0.139. The van der Waals surface area contributed by atoms with Gasteiger partial charge >= 0.3 is 0 Å². The molecule has 0 spiro atoms. The van der Waals surface area contributed by atoms with Crippen LogP contribution in [0.5, 0.6) is 0 Å². The molecule has 0 aromatic rings. The molecule has 0 saturated heterocycles. The lowest BCUT2D eigenvalue weighted by atomic mass is 10.2. The van der Waals surface area contributed by atoms with E-state index in [-0.39, 0.29) is 25.0 Å². The number of rotatable bonds is 7. The van der Waals surface area contributed by atoms with Gasteiger partial charge in [-0.25, -0.2) is 0 Å². The van der Waals surface area contributed by atoms with Gasteiger partial charge in [-0.3, -0.25) is 9.59 Å². The minimum Gasteiger partial charge on any atom is -0.391 e. The molecule has 0 aliphatic rings. The Balaban J connectivity index is 3.62. The first-order valence-corrected chi connectivity index (χ1v) is 5.12. The summed E-state index contributed by atoms with van der Waals surface area (Å²) in [7, 11) is 3.06. The van der Waals surface area contributed by atoms with Crippen molar-refractivity contribution in [2.24, 2.45) is 0 Å². The maximum atomic E-state index is 11.3. The van der Waals surface area contributed by atoms with Gasteiger partial charge in [0, 0.05) is 27.6 Å². The van der Waals surface area contributed by atoms with Crippen LogP contribution in [0.3, 0.4) is 0 Å². The van der Waals surface area contributed by atoms with E-state index in [1.807, 2.05) is 0 Å². The van der Waals surface area contributed by atoms with Gasteiger partial charge in [0.2, 0.25) is 11.8 Å². The summed E-state index contributed by atoms with van der Waals surface area (Å²) in [5, 5.41) is 11.9. The Kier molecular flexibility index (Phi) is 7.49. The SMILES string of the molecule is COCC(O)CCNC(=O)CN(C)C(C)=O. The van der Waals surface area contributed by atoms with Crippen LogP contribution in [0.2, 0.25) is 0 Å². The second kappa shape index (κ2) is 8.06. The zero-order valence-corrected chi connectivity index (χ0v) is 10.0. The van der Waals surface area contributed by atoms with Crippen LogP contribution in [0.25, 0.3) is 0 Å². The van der Waals surface area contributed by atoms with E-state index < -0.39 is 6.10 Å². The first-order chi connectivity index (χ1) is 7.47. The average Bonchev–Trinajstić information content (AvgIpc) is 2.17. The van der Waals surface area contributed by atoms with E-state index in [2.05, 4.69) is 5.32 Å². The topological polar surface area (TPSA) is 78.9 Å². The zero-order chi connectivity index (χ0) is 12.6. The van der Waals surface area contributed by atoms with Crippen LogP contribution in [-0.2, 0) is 14.3 Å². The number of nitrogens with one attached hydrogen (secondary N) is 1. The molecule has 6 heteroatoms. The minimum atomic E-state index is -0.573. The van der Waals surface area contributed by atoms with Crippen molar-refractivity contribution in [2.75, 3.05) is 33.9 Å². The van der Waals surface area contributed by atoms with Crippen LogP contribution >= 0.6 is 0 Å². The number of hydrogen-bond acceptors (Lipinski definition) is 4. The molecule has 94 valence electrons. The van der Waals surface area contributed by atoms with Crippen molar-refractivity contribution >= 4 is 11.8 Å². The van der Waals surface area contributed by atoms with Gasteiger partial charge < -0.3 is 20.1 Å². The molecule has 0 aliphatic heterocycles. The molecular formula is C10H20N2O4. The lowest BCUT2D eigenvalue weighted by Crippen LogP contribution is -2.38. The fourth-order valence-electron chi connectivity index (χ4n) is 1.04. The van der Waals surface area contributed by atoms with Gasteiger partial charge in [-0.15, -0.1) is 0 Å². The molecule has 0 rings (SSSR count). The minimum absolute atomic E-state index is 0.0374. The summed E-state index contributed by atoms with van der Waals surface area (Å²) >= 11 is 0. The van der Waals surface area contributed by atoms with Gasteiger partial charge in [0.1, 0.15) is 0 Å². The molecular weight excluding hydrogens is 212 g/mol. The highest BCUT2D eigenvalue weighted by atomic mass is 16.5. The highest BCUT2D eigenvalue weighted by Gasteiger charge is 2.09. The zero-order valence-electron chi connectivity index (χ0n) is 10.0. The van der Waals surface area contributed by atoms with Gasteiger partial charge in [0.15, 0.2) is 0 Å². The second-order valence-corrected chi connectivity index (χ2v) is 3.62. The molecule has 0 aromatic heterocycles. The third-order valence-electron chi connectivity index (χ3n) is 2.08. The third-order valence-corrected chi connectivity index (χ3v) is 2.08. The second-order valence-electron chi connectivity index (χ2n) is 3.62. The smallest absolute Gasteiger partial charge is 0.239 e. The van der Waals surface area contributed by atoms with E-state index in [1.54, 1.807) is 7.05 Å². The van der Waals surface area contributed by atoms with Crippen LogP contribution in [0, 0.1) is 0 Å². The summed E-state index contributed by atoms with van der Waals surface area (Å²) in [5.41, 5.74) is 0. The summed E-state index contributed by atoms with van der Waals surface area (Å²) in [5.74, 6) is -0.392. The van der Waals surface area contributed by atoms with Gasteiger partial charge in [-0.2, -0.15) is 0 Å². The third kappa shape index (κ3) is 7.19. The fourth-order valence-corrected chi connectivity index (χ4v) is 1.04. The number of aliphatic hydroxyl groups excluding tert-OH is 1. The Morgan fingerprint density at radius 3 is 2.62 bits per heavy atom. The average molecular weight is 232 g/mol. The van der Waals surface area contributed by atoms with Gasteiger partial charge in [-0.05, 0) is 6.42 Å². The molecule has 0 radical (unpaired) electrons. The van der Waals surface area contributed by atoms with E-state index in [9.17, 15) is 14.7 Å². The van der Waals surface area contributed by atoms with Gasteiger partial charge in [-0.1, -0.05) is 0 Å². The van der Waals surface area contributed by atoms with Crippen molar-refractivity contribution in [1.82, 2.24) is 10.2 Å². The lowest BCUT2D eigenvalue weighted by Gasteiger charge is -2.15. The molecule has 6 nitrogen and oxygen atoms in total. The predicted molar refractivity (Wildman–Crippen MR) is 58.8 cm³/mol. The summed E-state index contributed by atoms with van der Waals surface area (Å²) in [4.78, 5) is 23.4. The molecule has 0 heterocycles. The van der Waals surface area contributed by atoms with Crippen LogP contribution in [0.4, 0.5) is 0 Å². The fraction of sp³-hybridized carbons (Fsp3) is 0.800. The number of nitrogens with zero attached hydrogens (tertiary/aromatic N) is 1. The molecule has 2 amide bonds. The monoisotopic (exact) mass is 232 g/mol. The highest BCUT2D eigenvalue weighted by Crippen LogP contribution is 1.90. The summed E-state index contributed by atoms with van der Waals surface area (Å²) < 4.78 is 4.74. The Bertz CT molecular complexity index is 233. The van der Waals surface area contributed by atoms with Crippen molar-refractivity contribution in [2.45, 2.75) is 19.4 Å². The summed E-state index contributed by atoms with van der Waals surface area (Å²) in [6, 6.07) is 0. The van der Waals surface area contributed by atoms with Crippen molar-refractivity contribution < 1.29 is 19.4 Å².